The van der Waals surface area contributed by atoms with E-state index in [4.69, 9.17) is 0 Å². The lowest BCUT2D eigenvalue weighted by Crippen LogP contribution is -2.27. The highest BCUT2D eigenvalue weighted by Crippen LogP contribution is 2.17. The van der Waals surface area contributed by atoms with Crippen LogP contribution in [0.3, 0.4) is 0 Å². The van der Waals surface area contributed by atoms with Crippen molar-refractivity contribution in [1.82, 2.24) is 4.90 Å². The summed E-state index contributed by atoms with van der Waals surface area (Å²) in [6, 6.07) is 7.92. The third-order valence-corrected chi connectivity index (χ3v) is 3.45. The van der Waals surface area contributed by atoms with Gasteiger partial charge >= 0.3 is 0 Å². The summed E-state index contributed by atoms with van der Waals surface area (Å²) in [5.74, 6) is -0.0193. The zero-order valence-electron chi connectivity index (χ0n) is 8.78. The Morgan fingerprint density at radius 1 is 1.25 bits per heavy atom. The minimum atomic E-state index is -0.0444. The zero-order chi connectivity index (χ0) is 11.5. The van der Waals surface area contributed by atoms with Crippen molar-refractivity contribution in [3.8, 4) is 0 Å². The normalized spacial score (nSPS) is 15.9. The predicted octanol–water partition coefficient (Wildman–Crippen LogP) is 1.79. The minimum Gasteiger partial charge on any atom is -0.335 e. The lowest BCUT2D eigenvalue weighted by molar-refractivity contribution is -0.127. The second kappa shape index (κ2) is 4.78. The smallest absolute Gasteiger partial charge is 0.230 e. The van der Waals surface area contributed by atoms with Gasteiger partial charge in [0.2, 0.25) is 5.91 Å². The second-order valence-electron chi connectivity index (χ2n) is 3.87. The van der Waals surface area contributed by atoms with Crippen LogP contribution in [0, 0.1) is 0 Å². The number of Topliss-reactive ketones (excluding diaryl/α,β-unsaturated/α-hetero) is 1. The summed E-state index contributed by atoms with van der Waals surface area (Å²) in [7, 11) is 0. The van der Waals surface area contributed by atoms with Gasteiger partial charge in [-0.2, -0.15) is 0 Å². The van der Waals surface area contributed by atoms with Crippen LogP contribution >= 0.6 is 15.9 Å². The number of nitrogens with zero attached hydrogens (tertiary/aromatic N) is 1. The average Bonchev–Trinajstić information content (AvgIpc) is 2.56. The van der Waals surface area contributed by atoms with Crippen LogP contribution in [0.15, 0.2) is 28.7 Å². The van der Waals surface area contributed by atoms with E-state index in [0.717, 1.165) is 16.5 Å². The van der Waals surface area contributed by atoms with Crippen molar-refractivity contribution in [3.05, 3.63) is 34.3 Å². The van der Waals surface area contributed by atoms with Gasteiger partial charge in [0.15, 0.2) is 5.78 Å². The number of carbonyl (C=O) groups excluding carboxylic acids is 2. The Kier molecular flexibility index (Phi) is 3.39. The molecule has 0 aromatic heterocycles. The van der Waals surface area contributed by atoms with Gasteiger partial charge in [-0.3, -0.25) is 9.59 Å². The fourth-order valence-corrected chi connectivity index (χ4v) is 2.28. The molecule has 2 rings (SSSR count). The van der Waals surface area contributed by atoms with Crippen molar-refractivity contribution in [1.29, 1.82) is 0 Å². The highest BCUT2D eigenvalue weighted by molar-refractivity contribution is 9.10. The van der Waals surface area contributed by atoms with E-state index in [1.54, 1.807) is 4.90 Å². The van der Waals surface area contributed by atoms with Crippen molar-refractivity contribution in [2.45, 2.75) is 12.8 Å². The number of ketones is 1. The molecule has 0 atom stereocenters. The number of amides is 1. The van der Waals surface area contributed by atoms with Crippen LogP contribution in [-0.4, -0.2) is 29.7 Å². The maximum atomic E-state index is 11.4. The molecule has 0 N–H and O–H groups in total. The molecule has 4 heteroatoms. The number of halogens is 1. The van der Waals surface area contributed by atoms with Gasteiger partial charge in [-0.1, -0.05) is 34.1 Å². The molecule has 1 aliphatic rings. The first-order valence-corrected chi connectivity index (χ1v) is 5.99. The van der Waals surface area contributed by atoms with E-state index >= 15 is 0 Å². The molecule has 1 saturated heterocycles. The Morgan fingerprint density at radius 3 is 2.62 bits per heavy atom. The molecule has 0 aliphatic carbocycles. The summed E-state index contributed by atoms with van der Waals surface area (Å²) < 4.78 is 1.05. The van der Waals surface area contributed by atoms with E-state index in [-0.39, 0.29) is 24.7 Å². The maximum absolute atomic E-state index is 11.4. The summed E-state index contributed by atoms with van der Waals surface area (Å²) in [5, 5.41) is 0. The molecule has 0 saturated carbocycles. The molecule has 0 radical (unpaired) electrons. The van der Waals surface area contributed by atoms with E-state index in [2.05, 4.69) is 15.9 Å². The largest absolute Gasteiger partial charge is 0.335 e. The quantitative estimate of drug-likeness (QED) is 0.793. The summed E-state index contributed by atoms with van der Waals surface area (Å²) in [5.41, 5.74) is 1.16. The molecule has 16 heavy (non-hydrogen) atoms. The third-order valence-electron chi connectivity index (χ3n) is 2.68. The lowest BCUT2D eigenvalue weighted by Gasteiger charge is -2.14. The van der Waals surface area contributed by atoms with E-state index in [9.17, 15) is 9.59 Å². The summed E-state index contributed by atoms with van der Waals surface area (Å²) in [4.78, 5) is 24.1. The molecule has 1 aromatic carbocycles. The first kappa shape index (κ1) is 11.3. The molecule has 84 valence electrons. The molecule has 1 aliphatic heterocycles. The minimum absolute atomic E-state index is 0.0251. The van der Waals surface area contributed by atoms with Crippen LogP contribution in [0.4, 0.5) is 0 Å². The average molecular weight is 282 g/mol. The molecular weight excluding hydrogens is 270 g/mol. The van der Waals surface area contributed by atoms with Crippen LogP contribution < -0.4 is 0 Å². The molecule has 1 amide bonds. The first-order chi connectivity index (χ1) is 7.66. The number of hydrogen-bond donors (Lipinski definition) is 0. The molecule has 0 bridgehead atoms. The molecule has 0 spiro atoms. The Morgan fingerprint density at radius 2 is 2.00 bits per heavy atom. The predicted molar refractivity (Wildman–Crippen MR) is 64.1 cm³/mol. The fourth-order valence-electron chi connectivity index (χ4n) is 1.80. The third kappa shape index (κ3) is 2.50. The van der Waals surface area contributed by atoms with Gasteiger partial charge in [0.1, 0.15) is 0 Å². The summed E-state index contributed by atoms with van der Waals surface area (Å²) in [6.07, 6.45) is 0.858. The van der Waals surface area contributed by atoms with Gasteiger partial charge < -0.3 is 4.90 Å². The Bertz CT molecular complexity index is 431. The zero-order valence-corrected chi connectivity index (χ0v) is 10.4. The second-order valence-corrected chi connectivity index (χ2v) is 4.73. The highest BCUT2D eigenvalue weighted by atomic mass is 79.9. The Hall–Kier alpha value is -1.16. The Labute approximate surface area is 103 Å². The molecular formula is C12H12BrNO2. The van der Waals surface area contributed by atoms with Gasteiger partial charge in [-0.25, -0.2) is 0 Å². The van der Waals surface area contributed by atoms with Crippen LogP contribution in [-0.2, 0) is 16.0 Å². The van der Waals surface area contributed by atoms with Crippen LogP contribution in [0.5, 0.6) is 0 Å². The van der Waals surface area contributed by atoms with Crippen LogP contribution in [0.1, 0.15) is 12.0 Å². The number of rotatable bonds is 3. The van der Waals surface area contributed by atoms with Crippen molar-refractivity contribution >= 4 is 27.6 Å². The number of carbonyl (C=O) groups is 2. The summed E-state index contributed by atoms with van der Waals surface area (Å²) in [6.45, 7) is 0.899. The van der Waals surface area contributed by atoms with Gasteiger partial charge in [-0.05, 0) is 18.1 Å². The number of likely N-dealkylation sites (tertiary alicyclic amines) is 1. The van der Waals surface area contributed by atoms with Gasteiger partial charge in [0.05, 0.1) is 13.0 Å². The topological polar surface area (TPSA) is 37.4 Å². The van der Waals surface area contributed by atoms with Crippen molar-refractivity contribution < 1.29 is 9.59 Å². The van der Waals surface area contributed by atoms with E-state index in [1.165, 1.54) is 0 Å². The van der Waals surface area contributed by atoms with Crippen molar-refractivity contribution in [2.24, 2.45) is 0 Å². The molecule has 1 fully saturated rings. The molecule has 3 nitrogen and oxygen atoms in total. The van der Waals surface area contributed by atoms with Gasteiger partial charge in [0, 0.05) is 11.0 Å². The Balaban J connectivity index is 1.95. The number of hydrogen-bond acceptors (Lipinski definition) is 2. The monoisotopic (exact) mass is 281 g/mol. The molecule has 1 heterocycles. The van der Waals surface area contributed by atoms with Gasteiger partial charge in [0.25, 0.3) is 0 Å². The molecule has 1 aromatic rings. The standard InChI is InChI=1S/C12H12BrNO2/c13-11-4-2-1-3-9(11)5-6-14-8-10(15)7-12(14)16/h1-4H,5-8H2. The van der Waals surface area contributed by atoms with E-state index in [0.29, 0.717) is 6.54 Å². The lowest BCUT2D eigenvalue weighted by atomic mass is 10.1. The number of benzene rings is 1. The molecule has 0 unspecified atom stereocenters. The SMILES string of the molecule is O=C1CC(=O)N(CCc2ccccc2Br)C1. The fraction of sp³-hybridized carbons (Fsp3) is 0.333. The van der Waals surface area contributed by atoms with Crippen molar-refractivity contribution in [2.75, 3.05) is 13.1 Å². The van der Waals surface area contributed by atoms with Gasteiger partial charge in [-0.15, -0.1) is 0 Å². The van der Waals surface area contributed by atoms with Crippen LogP contribution in [0.25, 0.3) is 0 Å². The van der Waals surface area contributed by atoms with Crippen molar-refractivity contribution in [3.63, 3.8) is 0 Å². The summed E-state index contributed by atoms with van der Waals surface area (Å²) >= 11 is 3.46. The van der Waals surface area contributed by atoms with E-state index in [1.807, 2.05) is 24.3 Å². The highest BCUT2D eigenvalue weighted by Gasteiger charge is 2.26. The maximum Gasteiger partial charge on any atom is 0.230 e. The van der Waals surface area contributed by atoms with E-state index < -0.39 is 0 Å². The van der Waals surface area contributed by atoms with Crippen LogP contribution in [0.2, 0.25) is 0 Å². The first-order valence-electron chi connectivity index (χ1n) is 5.19.